The summed E-state index contributed by atoms with van der Waals surface area (Å²) in [6.07, 6.45) is -2.32. The average Bonchev–Trinajstić information content (AvgIpc) is 3.27. The number of halogens is 3. The van der Waals surface area contributed by atoms with E-state index in [1.807, 2.05) is 0 Å². The molecule has 2 aromatic carbocycles. The molecule has 3 unspecified atom stereocenters. The molecule has 1 spiro atoms. The van der Waals surface area contributed by atoms with Crippen molar-refractivity contribution >= 4 is 22.9 Å². The summed E-state index contributed by atoms with van der Waals surface area (Å²) in [5.41, 5.74) is -0.334. The molecule has 1 aliphatic heterocycles. The van der Waals surface area contributed by atoms with Gasteiger partial charge in [0.05, 0.1) is 10.5 Å². The number of rotatable bonds is 5. The van der Waals surface area contributed by atoms with Crippen LogP contribution in [0.15, 0.2) is 53.4 Å². The molecule has 0 radical (unpaired) electrons. The Balaban J connectivity index is 1.40. The first kappa shape index (κ1) is 21.5. The summed E-state index contributed by atoms with van der Waals surface area (Å²) in [5, 5.41) is 5.00. The minimum Gasteiger partial charge on any atom is -0.323 e. The predicted octanol–water partition coefficient (Wildman–Crippen LogP) is 3.36. The minimum absolute atomic E-state index is 0.172. The lowest BCUT2D eigenvalue weighted by molar-refractivity contribution is -0.137. The van der Waals surface area contributed by atoms with Gasteiger partial charge in [0.15, 0.2) is 0 Å². The topological polar surface area (TPSA) is 87.3 Å². The molecule has 2 aliphatic rings. The highest BCUT2D eigenvalue weighted by molar-refractivity contribution is 7.83. The molecule has 6 nitrogen and oxygen atoms in total. The fourth-order valence-corrected chi connectivity index (χ4v) is 5.11. The molecule has 31 heavy (non-hydrogen) atoms. The van der Waals surface area contributed by atoms with Crippen LogP contribution in [0.5, 0.6) is 0 Å². The molecule has 1 saturated heterocycles. The molecule has 1 saturated carbocycles. The molecule has 1 heterocycles. The molecule has 164 valence electrons. The fraction of sp³-hybridized carbons (Fsp3) is 0.333. The zero-order chi connectivity index (χ0) is 22.2. The number of carbonyl (C=O) groups excluding carboxylic acids is 2. The van der Waals surface area contributed by atoms with Gasteiger partial charge in [0.2, 0.25) is 0 Å². The Bertz CT molecular complexity index is 1020. The SMILES string of the molecule is O=C1NC(=O)C2(CCCC2CNS(=O)c2ccc(-c3ccc(C(F)(F)F)cc3)cc2)N1. The van der Waals surface area contributed by atoms with Crippen molar-refractivity contribution in [3.8, 4) is 11.1 Å². The maximum absolute atomic E-state index is 12.7. The van der Waals surface area contributed by atoms with Gasteiger partial charge in [-0.2, -0.15) is 13.2 Å². The number of amides is 3. The first-order valence-corrected chi connectivity index (χ1v) is 10.9. The molecule has 2 fully saturated rings. The van der Waals surface area contributed by atoms with Gasteiger partial charge in [-0.1, -0.05) is 30.7 Å². The van der Waals surface area contributed by atoms with Crippen LogP contribution in [0.3, 0.4) is 0 Å². The average molecular weight is 451 g/mol. The van der Waals surface area contributed by atoms with Gasteiger partial charge >= 0.3 is 12.2 Å². The van der Waals surface area contributed by atoms with E-state index >= 15 is 0 Å². The van der Waals surface area contributed by atoms with E-state index in [1.165, 1.54) is 12.1 Å². The minimum atomic E-state index is -4.38. The molecular formula is C21H20F3N3O3S. The third-order valence-electron chi connectivity index (χ3n) is 5.86. The van der Waals surface area contributed by atoms with Gasteiger partial charge in [-0.25, -0.2) is 13.7 Å². The summed E-state index contributed by atoms with van der Waals surface area (Å²) in [5.74, 6) is -0.511. The smallest absolute Gasteiger partial charge is 0.323 e. The van der Waals surface area contributed by atoms with Crippen LogP contribution in [0.4, 0.5) is 18.0 Å². The molecule has 3 atom stereocenters. The maximum Gasteiger partial charge on any atom is 0.416 e. The van der Waals surface area contributed by atoms with Crippen LogP contribution in [0.1, 0.15) is 24.8 Å². The molecule has 2 aromatic rings. The second kappa shape index (κ2) is 8.08. The quantitative estimate of drug-likeness (QED) is 0.610. The molecule has 3 N–H and O–H groups in total. The monoisotopic (exact) mass is 451 g/mol. The van der Waals surface area contributed by atoms with Gasteiger partial charge in [-0.15, -0.1) is 0 Å². The Morgan fingerprint density at radius 3 is 2.19 bits per heavy atom. The van der Waals surface area contributed by atoms with Crippen LogP contribution in [0, 0.1) is 5.92 Å². The lowest BCUT2D eigenvalue weighted by Crippen LogP contribution is -2.52. The second-order valence-electron chi connectivity index (χ2n) is 7.69. The number of nitrogens with one attached hydrogen (secondary N) is 3. The number of carbonyl (C=O) groups is 2. The van der Waals surface area contributed by atoms with Crippen molar-refractivity contribution in [3.05, 3.63) is 54.1 Å². The summed E-state index contributed by atoms with van der Waals surface area (Å²) in [7, 11) is -1.54. The van der Waals surface area contributed by atoms with Gasteiger partial charge < -0.3 is 5.32 Å². The van der Waals surface area contributed by atoms with Crippen molar-refractivity contribution in [1.29, 1.82) is 0 Å². The van der Waals surface area contributed by atoms with E-state index in [0.29, 0.717) is 29.0 Å². The van der Waals surface area contributed by atoms with Crippen molar-refractivity contribution in [2.75, 3.05) is 6.54 Å². The number of imide groups is 1. The maximum atomic E-state index is 12.7. The Kier molecular flexibility index (Phi) is 5.61. The van der Waals surface area contributed by atoms with Crippen molar-refractivity contribution in [2.24, 2.45) is 5.92 Å². The van der Waals surface area contributed by atoms with Gasteiger partial charge in [0.1, 0.15) is 16.5 Å². The summed E-state index contributed by atoms with van der Waals surface area (Å²) >= 11 is 0. The van der Waals surface area contributed by atoms with E-state index in [-0.39, 0.29) is 11.8 Å². The summed E-state index contributed by atoms with van der Waals surface area (Å²) in [6.45, 7) is 0.293. The molecule has 0 aromatic heterocycles. The number of hydrogen-bond acceptors (Lipinski definition) is 3. The predicted molar refractivity (Wildman–Crippen MR) is 108 cm³/mol. The van der Waals surface area contributed by atoms with Crippen LogP contribution in [-0.4, -0.2) is 28.2 Å². The Labute approximate surface area is 179 Å². The van der Waals surface area contributed by atoms with Crippen LogP contribution < -0.4 is 15.4 Å². The number of alkyl halides is 3. The number of hydrogen-bond donors (Lipinski definition) is 3. The van der Waals surface area contributed by atoms with Crippen LogP contribution in [0.25, 0.3) is 11.1 Å². The normalized spacial score (nSPS) is 24.3. The van der Waals surface area contributed by atoms with E-state index in [2.05, 4.69) is 15.4 Å². The molecule has 1 aliphatic carbocycles. The van der Waals surface area contributed by atoms with Crippen molar-refractivity contribution < 1.29 is 27.0 Å². The van der Waals surface area contributed by atoms with E-state index in [4.69, 9.17) is 0 Å². The molecule has 4 rings (SSSR count). The molecular weight excluding hydrogens is 431 g/mol. The summed E-state index contributed by atoms with van der Waals surface area (Å²) in [4.78, 5) is 24.3. The zero-order valence-electron chi connectivity index (χ0n) is 16.3. The van der Waals surface area contributed by atoms with Crippen molar-refractivity contribution in [2.45, 2.75) is 35.9 Å². The zero-order valence-corrected chi connectivity index (χ0v) is 17.1. The highest BCUT2D eigenvalue weighted by Crippen LogP contribution is 2.37. The summed E-state index contributed by atoms with van der Waals surface area (Å²) in [6, 6.07) is 11.0. The first-order valence-electron chi connectivity index (χ1n) is 9.76. The second-order valence-corrected chi connectivity index (χ2v) is 8.98. The molecule has 3 amide bonds. The van der Waals surface area contributed by atoms with Gasteiger partial charge in [0, 0.05) is 12.5 Å². The van der Waals surface area contributed by atoms with Crippen LogP contribution in [-0.2, 0) is 22.0 Å². The van der Waals surface area contributed by atoms with Crippen molar-refractivity contribution in [1.82, 2.24) is 15.4 Å². The Morgan fingerprint density at radius 1 is 1.03 bits per heavy atom. The third kappa shape index (κ3) is 4.22. The standard InChI is InChI=1S/C21H20F3N3O3S/c22-21(23,24)15-7-3-13(4-8-15)14-5-9-17(10-6-14)31(30)25-12-16-2-1-11-20(16)18(28)26-19(29)27-20/h3-10,16,25H,1-2,11-12H2,(H2,26,27,28,29). The van der Waals surface area contributed by atoms with Gasteiger partial charge in [-0.3, -0.25) is 10.1 Å². The van der Waals surface area contributed by atoms with E-state index < -0.39 is 34.3 Å². The fourth-order valence-electron chi connectivity index (χ4n) is 4.21. The molecule has 0 bridgehead atoms. The Morgan fingerprint density at radius 2 is 1.65 bits per heavy atom. The molecule has 10 heteroatoms. The van der Waals surface area contributed by atoms with Gasteiger partial charge in [0.25, 0.3) is 5.91 Å². The van der Waals surface area contributed by atoms with E-state index in [9.17, 15) is 27.0 Å². The van der Waals surface area contributed by atoms with Crippen LogP contribution >= 0.6 is 0 Å². The van der Waals surface area contributed by atoms with E-state index in [0.717, 1.165) is 25.0 Å². The Hall–Kier alpha value is -2.72. The van der Waals surface area contributed by atoms with Crippen LogP contribution in [0.2, 0.25) is 0 Å². The largest absolute Gasteiger partial charge is 0.416 e. The third-order valence-corrected chi connectivity index (χ3v) is 6.99. The van der Waals surface area contributed by atoms with Crippen molar-refractivity contribution in [3.63, 3.8) is 0 Å². The first-order chi connectivity index (χ1) is 14.7. The lowest BCUT2D eigenvalue weighted by atomic mass is 9.87. The van der Waals surface area contributed by atoms with Gasteiger partial charge in [-0.05, 0) is 48.2 Å². The summed E-state index contributed by atoms with van der Waals surface area (Å²) < 4.78 is 53.7. The lowest BCUT2D eigenvalue weighted by Gasteiger charge is -2.28. The number of urea groups is 1. The highest BCUT2D eigenvalue weighted by Gasteiger charge is 2.54. The highest BCUT2D eigenvalue weighted by atomic mass is 32.2. The van der Waals surface area contributed by atoms with E-state index in [1.54, 1.807) is 24.3 Å². The number of benzene rings is 2.